The molecule has 0 saturated heterocycles. The van der Waals surface area contributed by atoms with Crippen molar-refractivity contribution in [2.45, 2.75) is 19.9 Å². The van der Waals surface area contributed by atoms with Crippen molar-refractivity contribution in [3.05, 3.63) is 33.9 Å². The Kier molecular flexibility index (Phi) is 3.31. The van der Waals surface area contributed by atoms with Crippen LogP contribution in [0.1, 0.15) is 23.7 Å². The Morgan fingerprint density at radius 2 is 2.12 bits per heavy atom. The average Bonchev–Trinajstić information content (AvgIpc) is 2.64. The van der Waals surface area contributed by atoms with E-state index in [4.69, 9.17) is 28.3 Å². The monoisotopic (exact) mass is 271 g/mol. The minimum absolute atomic E-state index is 0.256. The second kappa shape index (κ2) is 4.59. The molecule has 0 amide bonds. The Bertz CT molecular complexity index is 590. The van der Waals surface area contributed by atoms with Crippen LogP contribution in [0.4, 0.5) is 0 Å². The highest BCUT2D eigenvalue weighted by atomic mass is 35.5. The predicted molar refractivity (Wildman–Crippen MR) is 69.2 cm³/mol. The molecule has 0 bridgehead atoms. The maximum atomic E-state index is 11.1. The largest absolute Gasteiger partial charge is 0.478 e. The van der Waals surface area contributed by atoms with E-state index in [0.29, 0.717) is 27.5 Å². The number of hydrogen-bond donors (Lipinski definition) is 1. The molecule has 0 aliphatic heterocycles. The van der Waals surface area contributed by atoms with Gasteiger partial charge in [-0.15, -0.1) is 0 Å². The first kappa shape index (κ1) is 12.3. The third-order valence-electron chi connectivity index (χ3n) is 2.63. The molecule has 0 spiro atoms. The lowest BCUT2D eigenvalue weighted by Crippen LogP contribution is -1.96. The van der Waals surface area contributed by atoms with Gasteiger partial charge in [0.15, 0.2) is 0 Å². The number of carboxylic acid groups (broad SMARTS) is 1. The summed E-state index contributed by atoms with van der Waals surface area (Å²) in [6.07, 6.45) is 2.50. The van der Waals surface area contributed by atoms with Crippen LogP contribution in [0.25, 0.3) is 10.9 Å². The molecule has 90 valence electrons. The van der Waals surface area contributed by atoms with Crippen LogP contribution in [0.3, 0.4) is 0 Å². The van der Waals surface area contributed by atoms with Crippen molar-refractivity contribution in [2.24, 2.45) is 0 Å². The summed E-state index contributed by atoms with van der Waals surface area (Å²) in [5, 5.41) is 10.6. The number of carboxylic acids is 1. The number of rotatable bonds is 3. The van der Waals surface area contributed by atoms with Crippen LogP contribution in [-0.4, -0.2) is 15.6 Å². The van der Waals surface area contributed by atoms with Gasteiger partial charge in [-0.05, 0) is 12.5 Å². The molecule has 2 rings (SSSR count). The van der Waals surface area contributed by atoms with Gasteiger partial charge in [-0.1, -0.05) is 36.2 Å². The number of carbonyl (C=O) groups is 1. The zero-order valence-electron chi connectivity index (χ0n) is 9.20. The number of aryl methyl sites for hydroxylation is 1. The van der Waals surface area contributed by atoms with E-state index in [2.05, 4.69) is 0 Å². The van der Waals surface area contributed by atoms with E-state index in [1.165, 1.54) is 0 Å². The first-order valence-corrected chi connectivity index (χ1v) is 6.02. The van der Waals surface area contributed by atoms with Gasteiger partial charge in [0.2, 0.25) is 0 Å². The molecule has 3 nitrogen and oxygen atoms in total. The Morgan fingerprint density at radius 3 is 2.71 bits per heavy atom. The summed E-state index contributed by atoms with van der Waals surface area (Å²) >= 11 is 12.1. The van der Waals surface area contributed by atoms with E-state index in [1.807, 2.05) is 11.5 Å². The van der Waals surface area contributed by atoms with E-state index in [1.54, 1.807) is 18.3 Å². The number of aromatic nitrogens is 1. The van der Waals surface area contributed by atoms with Crippen molar-refractivity contribution in [1.29, 1.82) is 0 Å². The van der Waals surface area contributed by atoms with Crippen LogP contribution in [0.2, 0.25) is 10.0 Å². The van der Waals surface area contributed by atoms with Crippen molar-refractivity contribution in [2.75, 3.05) is 0 Å². The van der Waals surface area contributed by atoms with Gasteiger partial charge in [-0.3, -0.25) is 0 Å². The lowest BCUT2D eigenvalue weighted by Gasteiger charge is -2.05. The van der Waals surface area contributed by atoms with Crippen LogP contribution in [0.5, 0.6) is 0 Å². The molecule has 1 N–H and O–H groups in total. The SMILES string of the molecule is CCCn1cc(C(=O)O)c2ccc(Cl)c(Cl)c21. The van der Waals surface area contributed by atoms with Crippen molar-refractivity contribution < 1.29 is 9.90 Å². The van der Waals surface area contributed by atoms with Gasteiger partial charge in [0, 0.05) is 18.1 Å². The molecule has 0 atom stereocenters. The zero-order valence-corrected chi connectivity index (χ0v) is 10.7. The minimum atomic E-state index is -0.955. The lowest BCUT2D eigenvalue weighted by molar-refractivity contribution is 0.0699. The Labute approximate surface area is 109 Å². The smallest absolute Gasteiger partial charge is 0.337 e. The number of aromatic carboxylic acids is 1. The van der Waals surface area contributed by atoms with Crippen LogP contribution < -0.4 is 0 Å². The van der Waals surface area contributed by atoms with E-state index in [0.717, 1.165) is 6.42 Å². The van der Waals surface area contributed by atoms with Crippen LogP contribution in [-0.2, 0) is 6.54 Å². The molecule has 0 radical (unpaired) electrons. The molecular weight excluding hydrogens is 261 g/mol. The molecule has 5 heteroatoms. The third kappa shape index (κ3) is 2.01. The Morgan fingerprint density at radius 1 is 1.41 bits per heavy atom. The summed E-state index contributed by atoms with van der Waals surface area (Å²) < 4.78 is 1.84. The predicted octanol–water partition coefficient (Wildman–Crippen LogP) is 4.06. The molecule has 17 heavy (non-hydrogen) atoms. The van der Waals surface area contributed by atoms with E-state index < -0.39 is 5.97 Å². The van der Waals surface area contributed by atoms with Crippen molar-refractivity contribution >= 4 is 40.1 Å². The normalized spacial score (nSPS) is 11.0. The molecule has 2 aromatic rings. The van der Waals surface area contributed by atoms with Crippen molar-refractivity contribution in [1.82, 2.24) is 4.57 Å². The molecule has 0 aliphatic rings. The molecule has 0 aliphatic carbocycles. The molecule has 0 unspecified atom stereocenters. The highest BCUT2D eigenvalue weighted by Crippen LogP contribution is 2.33. The fourth-order valence-electron chi connectivity index (χ4n) is 1.92. The lowest BCUT2D eigenvalue weighted by atomic mass is 10.2. The van der Waals surface area contributed by atoms with Crippen LogP contribution >= 0.6 is 23.2 Å². The molecule has 0 saturated carbocycles. The van der Waals surface area contributed by atoms with Crippen molar-refractivity contribution in [3.8, 4) is 0 Å². The van der Waals surface area contributed by atoms with Crippen LogP contribution in [0, 0.1) is 0 Å². The topological polar surface area (TPSA) is 42.2 Å². The summed E-state index contributed by atoms with van der Waals surface area (Å²) in [6.45, 7) is 2.73. The highest BCUT2D eigenvalue weighted by Gasteiger charge is 2.17. The summed E-state index contributed by atoms with van der Waals surface area (Å²) in [6, 6.07) is 3.31. The number of fused-ring (bicyclic) bond motifs is 1. The molecule has 1 heterocycles. The van der Waals surface area contributed by atoms with Gasteiger partial charge in [0.25, 0.3) is 0 Å². The quantitative estimate of drug-likeness (QED) is 0.915. The average molecular weight is 272 g/mol. The van der Waals surface area contributed by atoms with Gasteiger partial charge >= 0.3 is 5.97 Å². The number of nitrogens with zero attached hydrogens (tertiary/aromatic N) is 1. The number of halogens is 2. The third-order valence-corrected chi connectivity index (χ3v) is 3.42. The second-order valence-corrected chi connectivity index (χ2v) is 4.58. The fourth-order valence-corrected chi connectivity index (χ4v) is 2.34. The first-order chi connectivity index (χ1) is 8.06. The van der Waals surface area contributed by atoms with Gasteiger partial charge in [0.1, 0.15) is 0 Å². The van der Waals surface area contributed by atoms with Crippen LogP contribution in [0.15, 0.2) is 18.3 Å². The molecular formula is C12H11Cl2NO2. The van der Waals surface area contributed by atoms with Gasteiger partial charge in [0.05, 0.1) is 21.1 Å². The number of benzene rings is 1. The van der Waals surface area contributed by atoms with Gasteiger partial charge in [-0.25, -0.2) is 4.79 Å². The number of hydrogen-bond acceptors (Lipinski definition) is 1. The molecule has 1 aromatic heterocycles. The molecule has 1 aromatic carbocycles. The highest BCUT2D eigenvalue weighted by molar-refractivity contribution is 6.45. The Hall–Kier alpha value is -1.19. The fraction of sp³-hybridized carbons (Fsp3) is 0.250. The molecule has 0 fully saturated rings. The summed E-state index contributed by atoms with van der Waals surface area (Å²) in [5.74, 6) is -0.955. The summed E-state index contributed by atoms with van der Waals surface area (Å²) in [7, 11) is 0. The van der Waals surface area contributed by atoms with Gasteiger partial charge < -0.3 is 9.67 Å². The van der Waals surface area contributed by atoms with Gasteiger partial charge in [-0.2, -0.15) is 0 Å². The summed E-state index contributed by atoms with van der Waals surface area (Å²) in [5.41, 5.74) is 0.949. The zero-order chi connectivity index (χ0) is 12.6. The maximum absolute atomic E-state index is 11.1. The minimum Gasteiger partial charge on any atom is -0.478 e. The second-order valence-electron chi connectivity index (χ2n) is 3.80. The maximum Gasteiger partial charge on any atom is 0.337 e. The Balaban J connectivity index is 2.81. The van der Waals surface area contributed by atoms with Crippen molar-refractivity contribution in [3.63, 3.8) is 0 Å². The van der Waals surface area contributed by atoms with E-state index in [-0.39, 0.29) is 5.56 Å². The standard InChI is InChI=1S/C12H11Cl2NO2/c1-2-5-15-6-8(12(16)17)7-3-4-9(13)10(14)11(7)15/h3-4,6H,2,5H2,1H3,(H,16,17). The van der Waals surface area contributed by atoms with E-state index in [9.17, 15) is 4.79 Å². The first-order valence-electron chi connectivity index (χ1n) is 5.26. The summed E-state index contributed by atoms with van der Waals surface area (Å²) in [4.78, 5) is 11.1. The van der Waals surface area contributed by atoms with E-state index >= 15 is 0 Å².